The molecule has 9 heteroatoms. The third-order valence-electron chi connectivity index (χ3n) is 6.20. The van der Waals surface area contributed by atoms with Crippen molar-refractivity contribution < 1.29 is 9.66 Å². The number of anilines is 2. The molecule has 0 unspecified atom stereocenters. The summed E-state index contributed by atoms with van der Waals surface area (Å²) < 4.78 is 5.79. The third kappa shape index (κ3) is 4.67. The molecule has 156 valence electrons. The molecule has 1 aliphatic heterocycles. The Labute approximate surface area is 170 Å². The van der Waals surface area contributed by atoms with Gasteiger partial charge in [0.15, 0.2) is 0 Å². The zero-order valence-electron chi connectivity index (χ0n) is 16.6. The number of nitrogens with one attached hydrogen (secondary N) is 1. The van der Waals surface area contributed by atoms with Gasteiger partial charge in [0.05, 0.1) is 11.0 Å². The van der Waals surface area contributed by atoms with Crippen LogP contribution in [0.25, 0.3) is 0 Å². The van der Waals surface area contributed by atoms with Crippen molar-refractivity contribution in [3.63, 3.8) is 0 Å². The molecule has 1 saturated carbocycles. The number of nitrogens with two attached hydrogens (primary N) is 1. The molecule has 1 aliphatic carbocycles. The average molecular weight is 412 g/mol. The number of nitro groups is 1. The predicted molar refractivity (Wildman–Crippen MR) is 111 cm³/mol. The number of aromatic nitrogens is 1. The molecule has 2 fully saturated rings. The van der Waals surface area contributed by atoms with Crippen LogP contribution >= 0.6 is 11.6 Å². The summed E-state index contributed by atoms with van der Waals surface area (Å²) in [5, 5.41) is 14.8. The minimum absolute atomic E-state index is 0.149. The van der Waals surface area contributed by atoms with Crippen LogP contribution in [0.2, 0.25) is 5.15 Å². The smallest absolute Gasteiger partial charge is 0.334 e. The zero-order chi connectivity index (χ0) is 20.3. The van der Waals surface area contributed by atoms with Crippen molar-refractivity contribution in [3.8, 4) is 0 Å². The Bertz CT molecular complexity index is 701. The normalized spacial score (nSPS) is 26.9. The first-order valence-corrected chi connectivity index (χ1v) is 10.4. The van der Waals surface area contributed by atoms with Gasteiger partial charge >= 0.3 is 5.69 Å². The second-order valence-electron chi connectivity index (χ2n) is 8.04. The summed E-state index contributed by atoms with van der Waals surface area (Å²) in [6.45, 7) is 7.13. The number of ether oxygens (including phenoxy) is 1. The van der Waals surface area contributed by atoms with Crippen molar-refractivity contribution in [1.29, 1.82) is 0 Å². The first kappa shape index (κ1) is 21.1. The van der Waals surface area contributed by atoms with Gasteiger partial charge < -0.3 is 15.8 Å². The molecule has 0 amide bonds. The average Bonchev–Trinajstić information content (AvgIpc) is 2.63. The van der Waals surface area contributed by atoms with Crippen molar-refractivity contribution >= 4 is 28.8 Å². The Morgan fingerprint density at radius 1 is 1.39 bits per heavy atom. The van der Waals surface area contributed by atoms with Crippen molar-refractivity contribution in [1.82, 2.24) is 9.88 Å². The molecular formula is C19H30ClN5O3. The van der Waals surface area contributed by atoms with Crippen LogP contribution in [0.5, 0.6) is 0 Å². The van der Waals surface area contributed by atoms with Crippen LogP contribution in [0.3, 0.4) is 0 Å². The molecule has 3 rings (SSSR count). The van der Waals surface area contributed by atoms with E-state index in [4.69, 9.17) is 22.1 Å². The number of halogens is 1. The lowest BCUT2D eigenvalue weighted by molar-refractivity contribution is -0.383. The molecule has 28 heavy (non-hydrogen) atoms. The fraction of sp³-hybridized carbons (Fsp3) is 0.737. The third-order valence-corrected chi connectivity index (χ3v) is 6.39. The predicted octanol–water partition coefficient (Wildman–Crippen LogP) is 3.84. The van der Waals surface area contributed by atoms with E-state index in [1.54, 1.807) is 0 Å². The van der Waals surface area contributed by atoms with Gasteiger partial charge in [-0.15, -0.1) is 0 Å². The molecule has 1 saturated heterocycles. The standard InChI is InChI=1S/C19H30ClN5O3/c1-3-28-14-4-8-19(2,9-5-14)24-10-6-13(7-11-24)22-15-12-16(20)23-18(21)17(15)25(26)27/h12-14H,3-11H2,1-2H3,(H3,21,22,23). The molecule has 3 N–H and O–H groups in total. The molecule has 1 aromatic heterocycles. The van der Waals surface area contributed by atoms with Gasteiger partial charge in [-0.1, -0.05) is 11.6 Å². The van der Waals surface area contributed by atoms with Crippen LogP contribution in [0.15, 0.2) is 6.07 Å². The lowest BCUT2D eigenvalue weighted by Gasteiger charge is -2.48. The lowest BCUT2D eigenvalue weighted by Crippen LogP contribution is -2.53. The minimum atomic E-state index is -0.506. The molecule has 0 spiro atoms. The maximum Gasteiger partial charge on any atom is 0.334 e. The van der Waals surface area contributed by atoms with Gasteiger partial charge in [-0.25, -0.2) is 4.98 Å². The highest BCUT2D eigenvalue weighted by atomic mass is 35.5. The Kier molecular flexibility index (Phi) is 6.62. The highest BCUT2D eigenvalue weighted by Crippen LogP contribution is 2.37. The van der Waals surface area contributed by atoms with Crippen LogP contribution in [0, 0.1) is 10.1 Å². The van der Waals surface area contributed by atoms with Crippen molar-refractivity contribution in [2.75, 3.05) is 30.7 Å². The number of rotatable bonds is 6. The van der Waals surface area contributed by atoms with E-state index in [1.807, 2.05) is 0 Å². The number of pyridine rings is 1. The van der Waals surface area contributed by atoms with Crippen molar-refractivity contribution in [2.45, 2.75) is 70.1 Å². The largest absolute Gasteiger partial charge is 0.379 e. The lowest BCUT2D eigenvalue weighted by atomic mass is 9.79. The van der Waals surface area contributed by atoms with Crippen LogP contribution in [0.1, 0.15) is 52.4 Å². The van der Waals surface area contributed by atoms with Crippen molar-refractivity contribution in [3.05, 3.63) is 21.3 Å². The second kappa shape index (κ2) is 8.80. The summed E-state index contributed by atoms with van der Waals surface area (Å²) in [7, 11) is 0. The van der Waals surface area contributed by atoms with Gasteiger partial charge in [-0.05, 0) is 52.4 Å². The highest BCUT2D eigenvalue weighted by Gasteiger charge is 2.38. The molecule has 0 bridgehead atoms. The van der Waals surface area contributed by atoms with Gasteiger partial charge in [-0.2, -0.15) is 0 Å². The number of nitrogen functional groups attached to an aromatic ring is 1. The summed E-state index contributed by atoms with van der Waals surface area (Å²) in [4.78, 5) is 17.2. The maximum atomic E-state index is 11.4. The summed E-state index contributed by atoms with van der Waals surface area (Å²) >= 11 is 5.95. The monoisotopic (exact) mass is 411 g/mol. The van der Waals surface area contributed by atoms with Crippen LogP contribution in [-0.2, 0) is 4.74 Å². The Balaban J connectivity index is 1.59. The molecule has 1 aromatic rings. The van der Waals surface area contributed by atoms with Crippen LogP contribution < -0.4 is 11.1 Å². The number of piperidine rings is 1. The van der Waals surface area contributed by atoms with Gasteiger partial charge in [-0.3, -0.25) is 15.0 Å². The van der Waals surface area contributed by atoms with E-state index in [9.17, 15) is 10.1 Å². The van der Waals surface area contributed by atoms with E-state index in [-0.39, 0.29) is 28.2 Å². The fourth-order valence-electron chi connectivity index (χ4n) is 4.54. The van der Waals surface area contributed by atoms with E-state index in [1.165, 1.54) is 6.07 Å². The highest BCUT2D eigenvalue weighted by molar-refractivity contribution is 6.30. The van der Waals surface area contributed by atoms with Crippen LogP contribution in [0.4, 0.5) is 17.2 Å². The first-order valence-electron chi connectivity index (χ1n) is 10.1. The van der Waals surface area contributed by atoms with E-state index in [0.29, 0.717) is 11.8 Å². The van der Waals surface area contributed by atoms with Crippen LogP contribution in [-0.4, -0.2) is 52.2 Å². The van der Waals surface area contributed by atoms with Gasteiger partial charge in [0, 0.05) is 37.3 Å². The SMILES string of the molecule is CCOC1CCC(C)(N2CCC(Nc3cc(Cl)nc(N)c3[N+](=O)[O-])CC2)CC1. The van der Waals surface area contributed by atoms with E-state index >= 15 is 0 Å². The number of hydrogen-bond donors (Lipinski definition) is 2. The molecule has 0 radical (unpaired) electrons. The molecule has 8 nitrogen and oxygen atoms in total. The Morgan fingerprint density at radius 3 is 2.61 bits per heavy atom. The molecule has 2 heterocycles. The van der Waals surface area contributed by atoms with E-state index in [0.717, 1.165) is 58.2 Å². The van der Waals surface area contributed by atoms with Gasteiger partial charge in [0.25, 0.3) is 0 Å². The van der Waals surface area contributed by atoms with E-state index < -0.39 is 4.92 Å². The van der Waals surface area contributed by atoms with E-state index in [2.05, 4.69) is 29.0 Å². The number of likely N-dealkylation sites (tertiary alicyclic amines) is 1. The Morgan fingerprint density at radius 2 is 2.04 bits per heavy atom. The molecule has 2 aliphatic rings. The molecular weight excluding hydrogens is 382 g/mol. The van der Waals surface area contributed by atoms with Gasteiger partial charge in [0.2, 0.25) is 5.82 Å². The molecule has 0 aromatic carbocycles. The molecule has 0 atom stereocenters. The van der Waals surface area contributed by atoms with Crippen molar-refractivity contribution in [2.24, 2.45) is 0 Å². The first-order chi connectivity index (χ1) is 13.3. The fourth-order valence-corrected chi connectivity index (χ4v) is 4.74. The number of hydrogen-bond acceptors (Lipinski definition) is 7. The summed E-state index contributed by atoms with van der Waals surface area (Å²) in [6.07, 6.45) is 6.77. The topological polar surface area (TPSA) is 107 Å². The summed E-state index contributed by atoms with van der Waals surface area (Å²) in [5.74, 6) is -0.156. The summed E-state index contributed by atoms with van der Waals surface area (Å²) in [6, 6.07) is 1.63. The maximum absolute atomic E-state index is 11.4. The van der Waals surface area contributed by atoms with Gasteiger partial charge in [0.1, 0.15) is 10.8 Å². The quantitative estimate of drug-likeness (QED) is 0.416. The summed E-state index contributed by atoms with van der Waals surface area (Å²) in [5.41, 5.74) is 6.07. The Hall–Kier alpha value is -1.64. The minimum Gasteiger partial charge on any atom is -0.379 e. The second-order valence-corrected chi connectivity index (χ2v) is 8.43. The zero-order valence-corrected chi connectivity index (χ0v) is 17.4. The number of nitrogens with zero attached hydrogens (tertiary/aromatic N) is 3.